The molecule has 1 heterocycles. The Morgan fingerprint density at radius 3 is 2.75 bits per heavy atom. The molecule has 0 aliphatic heterocycles. The molecule has 0 aliphatic rings. The van der Waals surface area contributed by atoms with E-state index in [1.165, 1.54) is 11.3 Å². The third-order valence-corrected chi connectivity index (χ3v) is 3.36. The standard InChI is InChI=1S/C11H18N2O2S/c1-4-8-6-16-11(13-8)12-5-9(7(2)3)10(14)15/h6-7,9H,4-5H2,1-3H3,(H,12,13)(H,14,15). The first kappa shape index (κ1) is 13.0. The SMILES string of the molecule is CCc1csc(NCC(C(=O)O)C(C)C)n1. The third kappa shape index (κ3) is 3.48. The number of anilines is 1. The van der Waals surface area contributed by atoms with Gasteiger partial charge in [-0.15, -0.1) is 11.3 Å². The van der Waals surface area contributed by atoms with Gasteiger partial charge in [-0.05, 0) is 12.3 Å². The smallest absolute Gasteiger partial charge is 0.308 e. The van der Waals surface area contributed by atoms with E-state index in [0.29, 0.717) is 6.54 Å². The number of hydrogen-bond acceptors (Lipinski definition) is 4. The molecule has 0 radical (unpaired) electrons. The second-order valence-electron chi connectivity index (χ2n) is 4.07. The molecule has 90 valence electrons. The van der Waals surface area contributed by atoms with Gasteiger partial charge in [-0.25, -0.2) is 4.98 Å². The second kappa shape index (κ2) is 5.84. The van der Waals surface area contributed by atoms with Crippen LogP contribution in [0.25, 0.3) is 0 Å². The summed E-state index contributed by atoms with van der Waals surface area (Å²) >= 11 is 1.52. The van der Waals surface area contributed by atoms with E-state index in [-0.39, 0.29) is 11.8 Å². The maximum Gasteiger partial charge on any atom is 0.308 e. The average Bonchev–Trinajstić information content (AvgIpc) is 2.65. The maximum absolute atomic E-state index is 11.0. The predicted molar refractivity (Wildman–Crippen MR) is 65.9 cm³/mol. The minimum atomic E-state index is -0.755. The highest BCUT2D eigenvalue weighted by molar-refractivity contribution is 7.13. The Morgan fingerprint density at radius 2 is 2.31 bits per heavy atom. The predicted octanol–water partition coefficient (Wildman–Crippen LogP) is 2.47. The van der Waals surface area contributed by atoms with Crippen molar-refractivity contribution in [3.8, 4) is 0 Å². The Labute approximate surface area is 99.7 Å². The summed E-state index contributed by atoms with van der Waals surface area (Å²) in [5.41, 5.74) is 1.05. The van der Waals surface area contributed by atoms with E-state index in [4.69, 9.17) is 5.11 Å². The van der Waals surface area contributed by atoms with Gasteiger partial charge in [-0.2, -0.15) is 0 Å². The molecule has 2 N–H and O–H groups in total. The van der Waals surface area contributed by atoms with Gasteiger partial charge in [0, 0.05) is 11.9 Å². The number of nitrogens with zero attached hydrogens (tertiary/aromatic N) is 1. The lowest BCUT2D eigenvalue weighted by molar-refractivity contribution is -0.142. The molecule has 0 saturated heterocycles. The van der Waals surface area contributed by atoms with E-state index in [9.17, 15) is 4.79 Å². The summed E-state index contributed by atoms with van der Waals surface area (Å²) in [6.07, 6.45) is 0.907. The van der Waals surface area contributed by atoms with Crippen molar-refractivity contribution in [1.82, 2.24) is 4.98 Å². The lowest BCUT2D eigenvalue weighted by Crippen LogP contribution is -2.27. The van der Waals surface area contributed by atoms with Crippen molar-refractivity contribution in [2.24, 2.45) is 11.8 Å². The van der Waals surface area contributed by atoms with Crippen LogP contribution in [0.15, 0.2) is 5.38 Å². The molecule has 16 heavy (non-hydrogen) atoms. The quantitative estimate of drug-likeness (QED) is 0.804. The molecular weight excluding hydrogens is 224 g/mol. The molecular formula is C11H18N2O2S. The fourth-order valence-corrected chi connectivity index (χ4v) is 2.16. The number of rotatable bonds is 6. The zero-order valence-corrected chi connectivity index (χ0v) is 10.7. The molecule has 0 fully saturated rings. The monoisotopic (exact) mass is 242 g/mol. The van der Waals surface area contributed by atoms with Gasteiger partial charge < -0.3 is 10.4 Å². The largest absolute Gasteiger partial charge is 0.481 e. The van der Waals surface area contributed by atoms with Crippen molar-refractivity contribution in [1.29, 1.82) is 0 Å². The van der Waals surface area contributed by atoms with Crippen LogP contribution >= 0.6 is 11.3 Å². The molecule has 0 aliphatic carbocycles. The van der Waals surface area contributed by atoms with Crippen molar-refractivity contribution in [2.75, 3.05) is 11.9 Å². The van der Waals surface area contributed by atoms with Gasteiger partial charge in [0.1, 0.15) is 0 Å². The van der Waals surface area contributed by atoms with E-state index >= 15 is 0 Å². The van der Waals surface area contributed by atoms with Crippen LogP contribution in [0.4, 0.5) is 5.13 Å². The number of nitrogens with one attached hydrogen (secondary N) is 1. The number of aromatic nitrogens is 1. The van der Waals surface area contributed by atoms with Gasteiger partial charge in [0.25, 0.3) is 0 Å². The average molecular weight is 242 g/mol. The number of carboxylic acids is 1. The molecule has 1 atom stereocenters. The van der Waals surface area contributed by atoms with Gasteiger partial charge in [0.15, 0.2) is 5.13 Å². The zero-order chi connectivity index (χ0) is 12.1. The lowest BCUT2D eigenvalue weighted by Gasteiger charge is -2.16. The first-order chi connectivity index (χ1) is 7.54. The van der Waals surface area contributed by atoms with Gasteiger partial charge in [0.05, 0.1) is 11.6 Å². The number of carboxylic acid groups (broad SMARTS) is 1. The lowest BCUT2D eigenvalue weighted by atomic mass is 9.96. The molecule has 5 heteroatoms. The Hall–Kier alpha value is -1.10. The van der Waals surface area contributed by atoms with Crippen LogP contribution in [0.1, 0.15) is 26.5 Å². The highest BCUT2D eigenvalue weighted by Crippen LogP contribution is 2.18. The highest BCUT2D eigenvalue weighted by Gasteiger charge is 2.21. The first-order valence-electron chi connectivity index (χ1n) is 5.45. The summed E-state index contributed by atoms with van der Waals surface area (Å²) in [5, 5.41) is 14.9. The molecule has 4 nitrogen and oxygen atoms in total. The topological polar surface area (TPSA) is 62.2 Å². The molecule has 0 bridgehead atoms. The van der Waals surface area contributed by atoms with Gasteiger partial charge in [0.2, 0.25) is 0 Å². The van der Waals surface area contributed by atoms with Gasteiger partial charge in [-0.1, -0.05) is 20.8 Å². The van der Waals surface area contributed by atoms with Crippen LogP contribution in [0.5, 0.6) is 0 Å². The number of aryl methyl sites for hydroxylation is 1. The van der Waals surface area contributed by atoms with Crippen LogP contribution in [-0.4, -0.2) is 22.6 Å². The minimum absolute atomic E-state index is 0.121. The van der Waals surface area contributed by atoms with Crippen molar-refractivity contribution < 1.29 is 9.90 Å². The van der Waals surface area contributed by atoms with Crippen molar-refractivity contribution in [2.45, 2.75) is 27.2 Å². The molecule has 1 rings (SSSR count). The summed E-state index contributed by atoms with van der Waals surface area (Å²) in [4.78, 5) is 15.3. The molecule has 1 aromatic heterocycles. The number of hydrogen-bond donors (Lipinski definition) is 2. The van der Waals surface area contributed by atoms with E-state index in [1.54, 1.807) is 0 Å². The van der Waals surface area contributed by atoms with Gasteiger partial charge in [-0.3, -0.25) is 4.79 Å². The zero-order valence-electron chi connectivity index (χ0n) is 9.86. The third-order valence-electron chi connectivity index (χ3n) is 2.51. The summed E-state index contributed by atoms with van der Waals surface area (Å²) < 4.78 is 0. The molecule has 0 saturated carbocycles. The normalized spacial score (nSPS) is 12.8. The molecule has 1 aromatic rings. The van der Waals surface area contributed by atoms with E-state index in [2.05, 4.69) is 10.3 Å². The molecule has 0 amide bonds. The molecule has 1 unspecified atom stereocenters. The number of thiazole rings is 1. The second-order valence-corrected chi connectivity index (χ2v) is 4.93. The fourth-order valence-electron chi connectivity index (χ4n) is 1.36. The molecule has 0 spiro atoms. The highest BCUT2D eigenvalue weighted by atomic mass is 32.1. The Morgan fingerprint density at radius 1 is 1.62 bits per heavy atom. The van der Waals surface area contributed by atoms with Crippen molar-refractivity contribution in [3.05, 3.63) is 11.1 Å². The molecule has 0 aromatic carbocycles. The maximum atomic E-state index is 11.0. The van der Waals surface area contributed by atoms with E-state index in [1.807, 2.05) is 26.2 Å². The van der Waals surface area contributed by atoms with Gasteiger partial charge >= 0.3 is 5.97 Å². The number of aliphatic carboxylic acids is 1. The van der Waals surface area contributed by atoms with E-state index in [0.717, 1.165) is 17.2 Å². The van der Waals surface area contributed by atoms with Crippen molar-refractivity contribution in [3.63, 3.8) is 0 Å². The summed E-state index contributed by atoms with van der Waals surface area (Å²) in [6, 6.07) is 0. The Kier molecular flexibility index (Phi) is 4.73. The van der Waals surface area contributed by atoms with Crippen LogP contribution in [0.3, 0.4) is 0 Å². The first-order valence-corrected chi connectivity index (χ1v) is 6.33. The van der Waals surface area contributed by atoms with E-state index < -0.39 is 5.97 Å². The van der Waals surface area contributed by atoms with Crippen LogP contribution in [0, 0.1) is 11.8 Å². The minimum Gasteiger partial charge on any atom is -0.481 e. The van der Waals surface area contributed by atoms with Crippen LogP contribution < -0.4 is 5.32 Å². The summed E-state index contributed by atoms with van der Waals surface area (Å²) in [7, 11) is 0. The Balaban J connectivity index is 2.52. The van der Waals surface area contributed by atoms with Crippen LogP contribution in [0.2, 0.25) is 0 Å². The summed E-state index contributed by atoms with van der Waals surface area (Å²) in [5.74, 6) is -1.00. The fraction of sp³-hybridized carbons (Fsp3) is 0.636. The van der Waals surface area contributed by atoms with Crippen LogP contribution in [-0.2, 0) is 11.2 Å². The number of carbonyl (C=O) groups is 1. The van der Waals surface area contributed by atoms with Crippen molar-refractivity contribution >= 4 is 22.4 Å². The summed E-state index contributed by atoms with van der Waals surface area (Å²) in [6.45, 7) is 6.32. The Bertz CT molecular complexity index is 350.